The van der Waals surface area contributed by atoms with Gasteiger partial charge in [0, 0.05) is 23.6 Å². The zero-order valence-electron chi connectivity index (χ0n) is 15.2. The molecule has 0 N–H and O–H groups in total. The van der Waals surface area contributed by atoms with E-state index < -0.39 is 5.92 Å². The SMILES string of the molecule is Cc1ncc(-c2ccccc2C(C)(F)F)nc1-c1nnc(-c2ccccc2)o1. The lowest BCUT2D eigenvalue weighted by molar-refractivity contribution is 0.0181. The first-order valence-corrected chi connectivity index (χ1v) is 8.64. The van der Waals surface area contributed by atoms with Crippen LogP contribution in [0.2, 0.25) is 0 Å². The second-order valence-corrected chi connectivity index (χ2v) is 6.40. The Hall–Kier alpha value is -3.48. The highest BCUT2D eigenvalue weighted by atomic mass is 19.3. The van der Waals surface area contributed by atoms with E-state index in [1.54, 1.807) is 25.1 Å². The van der Waals surface area contributed by atoms with Crippen molar-refractivity contribution in [2.75, 3.05) is 0 Å². The Bertz CT molecular complexity index is 1120. The van der Waals surface area contributed by atoms with Crippen LogP contribution in [0.25, 0.3) is 34.3 Å². The maximum atomic E-state index is 14.0. The second kappa shape index (κ2) is 6.92. The summed E-state index contributed by atoms with van der Waals surface area (Å²) >= 11 is 0. The van der Waals surface area contributed by atoms with Crippen molar-refractivity contribution in [2.45, 2.75) is 19.8 Å². The van der Waals surface area contributed by atoms with E-state index in [1.807, 2.05) is 30.3 Å². The molecule has 4 rings (SSSR count). The van der Waals surface area contributed by atoms with Gasteiger partial charge in [0.25, 0.3) is 11.8 Å². The van der Waals surface area contributed by atoms with E-state index in [2.05, 4.69) is 20.2 Å². The van der Waals surface area contributed by atoms with Crippen molar-refractivity contribution in [3.8, 4) is 34.3 Å². The molecule has 4 aromatic rings. The fraction of sp³-hybridized carbons (Fsp3) is 0.143. The van der Waals surface area contributed by atoms with E-state index in [0.29, 0.717) is 28.5 Å². The van der Waals surface area contributed by atoms with Gasteiger partial charge in [-0.15, -0.1) is 10.2 Å². The number of aromatic nitrogens is 4. The minimum Gasteiger partial charge on any atom is -0.415 e. The van der Waals surface area contributed by atoms with Gasteiger partial charge in [0.2, 0.25) is 5.89 Å². The molecule has 0 spiro atoms. The topological polar surface area (TPSA) is 64.7 Å². The lowest BCUT2D eigenvalue weighted by Gasteiger charge is -2.15. The highest BCUT2D eigenvalue weighted by Gasteiger charge is 2.28. The van der Waals surface area contributed by atoms with Gasteiger partial charge in [0.05, 0.1) is 17.6 Å². The highest BCUT2D eigenvalue weighted by Crippen LogP contribution is 2.35. The third kappa shape index (κ3) is 3.38. The molecule has 0 atom stereocenters. The number of rotatable bonds is 4. The van der Waals surface area contributed by atoms with Crippen LogP contribution >= 0.6 is 0 Å². The summed E-state index contributed by atoms with van der Waals surface area (Å²) in [6, 6.07) is 15.6. The number of aryl methyl sites for hydroxylation is 1. The summed E-state index contributed by atoms with van der Waals surface area (Å²) < 4.78 is 33.8. The number of hydrogen-bond acceptors (Lipinski definition) is 5. The molecule has 0 aliphatic heterocycles. The summed E-state index contributed by atoms with van der Waals surface area (Å²) in [5.41, 5.74) is 2.21. The van der Waals surface area contributed by atoms with Gasteiger partial charge < -0.3 is 4.42 Å². The molecule has 0 unspecified atom stereocenters. The minimum absolute atomic E-state index is 0.116. The Labute approximate surface area is 160 Å². The van der Waals surface area contributed by atoms with Crippen LogP contribution in [0.1, 0.15) is 18.2 Å². The molecule has 0 amide bonds. The average Bonchev–Trinajstić information content (AvgIpc) is 3.18. The van der Waals surface area contributed by atoms with Crippen molar-refractivity contribution in [1.82, 2.24) is 20.2 Å². The third-order valence-electron chi connectivity index (χ3n) is 4.28. The van der Waals surface area contributed by atoms with Gasteiger partial charge in [-0.05, 0) is 19.1 Å². The normalized spacial score (nSPS) is 11.6. The van der Waals surface area contributed by atoms with Crippen LogP contribution in [0.3, 0.4) is 0 Å². The molecular formula is C21H16F2N4O. The van der Waals surface area contributed by atoms with Crippen molar-refractivity contribution < 1.29 is 13.2 Å². The Morgan fingerprint density at radius 3 is 2.32 bits per heavy atom. The number of halogens is 2. The molecule has 0 aliphatic rings. The van der Waals surface area contributed by atoms with Crippen molar-refractivity contribution >= 4 is 0 Å². The average molecular weight is 378 g/mol. The van der Waals surface area contributed by atoms with Crippen LogP contribution in [-0.4, -0.2) is 20.2 Å². The first-order chi connectivity index (χ1) is 13.4. The summed E-state index contributed by atoms with van der Waals surface area (Å²) in [4.78, 5) is 8.80. The first-order valence-electron chi connectivity index (χ1n) is 8.64. The summed E-state index contributed by atoms with van der Waals surface area (Å²) in [7, 11) is 0. The van der Waals surface area contributed by atoms with E-state index in [1.165, 1.54) is 12.3 Å². The van der Waals surface area contributed by atoms with Crippen molar-refractivity contribution in [1.29, 1.82) is 0 Å². The molecule has 0 aliphatic carbocycles. The molecule has 140 valence electrons. The number of nitrogens with zero attached hydrogens (tertiary/aromatic N) is 4. The predicted octanol–water partition coefficient (Wildman–Crippen LogP) is 5.28. The minimum atomic E-state index is -3.01. The molecule has 5 nitrogen and oxygen atoms in total. The van der Waals surface area contributed by atoms with E-state index in [0.717, 1.165) is 12.5 Å². The van der Waals surface area contributed by atoms with Gasteiger partial charge in [0.1, 0.15) is 5.69 Å². The zero-order valence-corrected chi connectivity index (χ0v) is 15.2. The second-order valence-electron chi connectivity index (χ2n) is 6.40. The summed E-state index contributed by atoms with van der Waals surface area (Å²) in [5.74, 6) is -2.47. The molecule has 0 saturated heterocycles. The summed E-state index contributed by atoms with van der Waals surface area (Å²) in [6.45, 7) is 2.61. The van der Waals surface area contributed by atoms with Gasteiger partial charge in [0.15, 0.2) is 0 Å². The van der Waals surface area contributed by atoms with Crippen LogP contribution in [0.4, 0.5) is 8.78 Å². The predicted molar refractivity (Wildman–Crippen MR) is 101 cm³/mol. The van der Waals surface area contributed by atoms with Crippen molar-refractivity contribution in [3.05, 3.63) is 72.1 Å². The molecule has 2 heterocycles. The molecule has 0 radical (unpaired) electrons. The lowest BCUT2D eigenvalue weighted by Crippen LogP contribution is -2.09. The molecule has 0 fully saturated rings. The number of alkyl halides is 2. The largest absolute Gasteiger partial charge is 0.415 e. The van der Waals surface area contributed by atoms with Crippen molar-refractivity contribution in [3.63, 3.8) is 0 Å². The van der Waals surface area contributed by atoms with Crippen LogP contribution in [-0.2, 0) is 5.92 Å². The molecule has 2 aromatic heterocycles. The Balaban J connectivity index is 1.79. The van der Waals surface area contributed by atoms with Gasteiger partial charge in [-0.25, -0.2) is 13.8 Å². The van der Waals surface area contributed by atoms with Gasteiger partial charge in [-0.3, -0.25) is 4.98 Å². The van der Waals surface area contributed by atoms with Gasteiger partial charge >= 0.3 is 0 Å². The Morgan fingerprint density at radius 1 is 0.893 bits per heavy atom. The van der Waals surface area contributed by atoms with Crippen molar-refractivity contribution in [2.24, 2.45) is 0 Å². The first kappa shape index (κ1) is 17.9. The quantitative estimate of drug-likeness (QED) is 0.483. The van der Waals surface area contributed by atoms with Gasteiger partial charge in [-0.1, -0.05) is 42.5 Å². The third-order valence-corrected chi connectivity index (χ3v) is 4.28. The van der Waals surface area contributed by atoms with E-state index >= 15 is 0 Å². The number of hydrogen-bond donors (Lipinski definition) is 0. The molecule has 0 bridgehead atoms. The van der Waals surface area contributed by atoms with E-state index in [9.17, 15) is 8.78 Å². The molecular weight excluding hydrogens is 362 g/mol. The standard InChI is InChI=1S/C21H16F2N4O/c1-13-18(20-27-26-19(28-20)14-8-4-3-5-9-14)25-17(12-24-13)15-10-6-7-11-16(15)21(2,22)23/h3-12H,1-2H3. The summed E-state index contributed by atoms with van der Waals surface area (Å²) in [6.07, 6.45) is 1.47. The van der Waals surface area contributed by atoms with Crippen LogP contribution < -0.4 is 0 Å². The van der Waals surface area contributed by atoms with Crippen LogP contribution in [0, 0.1) is 6.92 Å². The Kier molecular flexibility index (Phi) is 4.43. The zero-order chi connectivity index (χ0) is 19.7. The smallest absolute Gasteiger partial charge is 0.271 e. The van der Waals surface area contributed by atoms with Crippen LogP contribution in [0.15, 0.2) is 65.2 Å². The Morgan fingerprint density at radius 2 is 1.57 bits per heavy atom. The summed E-state index contributed by atoms with van der Waals surface area (Å²) in [5, 5.41) is 8.12. The fourth-order valence-electron chi connectivity index (χ4n) is 2.89. The maximum absolute atomic E-state index is 14.0. The van der Waals surface area contributed by atoms with E-state index in [4.69, 9.17) is 4.42 Å². The molecule has 2 aromatic carbocycles. The molecule has 28 heavy (non-hydrogen) atoms. The van der Waals surface area contributed by atoms with E-state index in [-0.39, 0.29) is 11.5 Å². The molecule has 7 heteroatoms. The van der Waals surface area contributed by atoms with Crippen LogP contribution in [0.5, 0.6) is 0 Å². The monoisotopic (exact) mass is 378 g/mol. The fourth-order valence-corrected chi connectivity index (χ4v) is 2.89. The lowest BCUT2D eigenvalue weighted by atomic mass is 10.00. The number of benzene rings is 2. The van der Waals surface area contributed by atoms with Gasteiger partial charge in [-0.2, -0.15) is 0 Å². The maximum Gasteiger partial charge on any atom is 0.271 e. The highest BCUT2D eigenvalue weighted by molar-refractivity contribution is 5.67. The molecule has 0 saturated carbocycles.